The largest absolute Gasteiger partial charge is 0.454 e. The van der Waals surface area contributed by atoms with Gasteiger partial charge in [0.2, 0.25) is 6.79 Å². The molecule has 0 amide bonds. The van der Waals surface area contributed by atoms with Crippen LogP contribution in [0, 0.1) is 0 Å². The molecule has 3 rings (SSSR count). The number of aliphatic hydroxyl groups excluding tert-OH is 1. The smallest absolute Gasteiger partial charge is 0.231 e. The van der Waals surface area contributed by atoms with Crippen LogP contribution in [0.4, 0.5) is 0 Å². The van der Waals surface area contributed by atoms with Crippen molar-refractivity contribution in [2.45, 2.75) is 25.3 Å². The van der Waals surface area contributed by atoms with Crippen LogP contribution in [0.3, 0.4) is 0 Å². The number of ether oxygens (including phenoxy) is 2. The molecule has 1 fully saturated rings. The van der Waals surface area contributed by atoms with E-state index in [4.69, 9.17) is 9.47 Å². The molecule has 0 bridgehead atoms. The van der Waals surface area contributed by atoms with Crippen LogP contribution >= 0.6 is 0 Å². The summed E-state index contributed by atoms with van der Waals surface area (Å²) in [6.07, 6.45) is 3.75. The van der Waals surface area contributed by atoms with Gasteiger partial charge in [0.1, 0.15) is 0 Å². The minimum absolute atomic E-state index is 0.0831. The zero-order valence-corrected chi connectivity index (χ0v) is 10.5. The van der Waals surface area contributed by atoms with E-state index in [2.05, 4.69) is 4.90 Å². The van der Waals surface area contributed by atoms with Gasteiger partial charge < -0.3 is 14.6 Å². The van der Waals surface area contributed by atoms with Gasteiger partial charge in [0.25, 0.3) is 0 Å². The Labute approximate surface area is 107 Å². The van der Waals surface area contributed by atoms with Crippen LogP contribution in [0.1, 0.15) is 30.9 Å². The van der Waals surface area contributed by atoms with Crippen molar-refractivity contribution in [2.24, 2.45) is 0 Å². The number of rotatable bonds is 3. The van der Waals surface area contributed by atoms with Crippen molar-refractivity contribution < 1.29 is 14.6 Å². The Morgan fingerprint density at radius 1 is 1.11 bits per heavy atom. The Kier molecular flexibility index (Phi) is 3.39. The molecule has 0 spiro atoms. The first-order valence-corrected chi connectivity index (χ1v) is 6.63. The van der Waals surface area contributed by atoms with Crippen LogP contribution in [-0.4, -0.2) is 36.5 Å². The third-order valence-electron chi connectivity index (χ3n) is 3.79. The minimum atomic E-state index is 0.0831. The minimum Gasteiger partial charge on any atom is -0.454 e. The van der Waals surface area contributed by atoms with Gasteiger partial charge in [-0.05, 0) is 43.6 Å². The van der Waals surface area contributed by atoms with Crippen molar-refractivity contribution in [3.05, 3.63) is 23.8 Å². The summed E-state index contributed by atoms with van der Waals surface area (Å²) in [5, 5.41) is 9.67. The van der Waals surface area contributed by atoms with Gasteiger partial charge in [-0.2, -0.15) is 0 Å². The zero-order valence-electron chi connectivity index (χ0n) is 10.5. The van der Waals surface area contributed by atoms with Crippen molar-refractivity contribution >= 4 is 0 Å². The van der Waals surface area contributed by atoms with E-state index in [0.29, 0.717) is 6.79 Å². The topological polar surface area (TPSA) is 41.9 Å². The molecule has 2 aliphatic rings. The zero-order chi connectivity index (χ0) is 12.4. The van der Waals surface area contributed by atoms with E-state index in [0.717, 1.165) is 30.2 Å². The lowest BCUT2D eigenvalue weighted by Gasteiger charge is -2.33. The second-order valence-corrected chi connectivity index (χ2v) is 4.91. The summed E-state index contributed by atoms with van der Waals surface area (Å²) in [7, 11) is 0. The number of fused-ring (bicyclic) bond motifs is 1. The van der Waals surface area contributed by atoms with Crippen molar-refractivity contribution in [3.8, 4) is 11.5 Å². The standard InChI is InChI=1S/C14H19NO3/c16-9-12(15-6-2-1-3-7-15)11-4-5-13-14(8-11)18-10-17-13/h4-5,8,12,16H,1-3,6-7,9-10H2. The van der Waals surface area contributed by atoms with Crippen molar-refractivity contribution in [3.63, 3.8) is 0 Å². The first-order chi connectivity index (χ1) is 8.88. The normalized spacial score (nSPS) is 20.9. The fourth-order valence-corrected chi connectivity index (χ4v) is 2.78. The lowest BCUT2D eigenvalue weighted by Crippen LogP contribution is -2.35. The SMILES string of the molecule is OCC(c1ccc2c(c1)OCO2)N1CCCCC1. The number of piperidine rings is 1. The molecule has 98 valence electrons. The van der Waals surface area contributed by atoms with Crippen LogP contribution in [0.15, 0.2) is 18.2 Å². The molecule has 1 saturated heterocycles. The van der Waals surface area contributed by atoms with Crippen molar-refractivity contribution in [2.75, 3.05) is 26.5 Å². The maximum Gasteiger partial charge on any atom is 0.231 e. The summed E-state index contributed by atoms with van der Waals surface area (Å²) < 4.78 is 10.7. The molecule has 18 heavy (non-hydrogen) atoms. The highest BCUT2D eigenvalue weighted by Crippen LogP contribution is 2.35. The van der Waals surface area contributed by atoms with Crippen LogP contribution < -0.4 is 9.47 Å². The number of benzene rings is 1. The van der Waals surface area contributed by atoms with E-state index in [1.807, 2.05) is 18.2 Å². The molecular formula is C14H19NO3. The van der Waals surface area contributed by atoms with Gasteiger partial charge in [0, 0.05) is 0 Å². The first kappa shape index (κ1) is 11.8. The van der Waals surface area contributed by atoms with Gasteiger partial charge in [0.15, 0.2) is 11.5 Å². The molecule has 0 radical (unpaired) electrons. The molecule has 2 aliphatic heterocycles. The van der Waals surface area contributed by atoms with Crippen LogP contribution in [0.2, 0.25) is 0 Å². The summed E-state index contributed by atoms with van der Waals surface area (Å²) in [5.74, 6) is 1.59. The Morgan fingerprint density at radius 2 is 1.89 bits per heavy atom. The van der Waals surface area contributed by atoms with E-state index in [-0.39, 0.29) is 12.6 Å². The monoisotopic (exact) mass is 249 g/mol. The van der Waals surface area contributed by atoms with E-state index in [1.54, 1.807) is 0 Å². The Hall–Kier alpha value is -1.26. The summed E-state index contributed by atoms with van der Waals surface area (Å²) in [6.45, 7) is 2.59. The molecule has 1 unspecified atom stereocenters. The number of aliphatic hydroxyl groups is 1. The summed E-state index contributed by atoms with van der Waals surface area (Å²) >= 11 is 0. The van der Waals surface area contributed by atoms with Gasteiger partial charge in [-0.15, -0.1) is 0 Å². The fourth-order valence-electron chi connectivity index (χ4n) is 2.78. The number of hydrogen-bond donors (Lipinski definition) is 1. The third kappa shape index (κ3) is 2.18. The molecule has 4 heteroatoms. The van der Waals surface area contributed by atoms with Crippen molar-refractivity contribution in [1.82, 2.24) is 4.90 Å². The highest BCUT2D eigenvalue weighted by molar-refractivity contribution is 5.45. The van der Waals surface area contributed by atoms with Crippen LogP contribution in [-0.2, 0) is 0 Å². The lowest BCUT2D eigenvalue weighted by molar-refractivity contribution is 0.104. The second-order valence-electron chi connectivity index (χ2n) is 4.91. The number of nitrogens with zero attached hydrogens (tertiary/aromatic N) is 1. The van der Waals surface area contributed by atoms with Crippen LogP contribution in [0.25, 0.3) is 0 Å². The van der Waals surface area contributed by atoms with Gasteiger partial charge in [-0.25, -0.2) is 0 Å². The molecule has 4 nitrogen and oxygen atoms in total. The van der Waals surface area contributed by atoms with Gasteiger partial charge in [0.05, 0.1) is 12.6 Å². The Morgan fingerprint density at radius 3 is 2.67 bits per heavy atom. The molecule has 1 atom stereocenters. The summed E-state index contributed by atoms with van der Waals surface area (Å²) in [6, 6.07) is 6.05. The van der Waals surface area contributed by atoms with Gasteiger partial charge >= 0.3 is 0 Å². The number of likely N-dealkylation sites (tertiary alicyclic amines) is 1. The summed E-state index contributed by atoms with van der Waals surface area (Å²) in [4.78, 5) is 2.36. The highest BCUT2D eigenvalue weighted by Gasteiger charge is 2.23. The van der Waals surface area contributed by atoms with Gasteiger partial charge in [-0.1, -0.05) is 12.5 Å². The number of hydrogen-bond acceptors (Lipinski definition) is 4. The molecule has 1 aromatic carbocycles. The van der Waals surface area contributed by atoms with E-state index in [1.165, 1.54) is 19.3 Å². The average molecular weight is 249 g/mol. The van der Waals surface area contributed by atoms with Crippen molar-refractivity contribution in [1.29, 1.82) is 0 Å². The van der Waals surface area contributed by atoms with E-state index in [9.17, 15) is 5.11 Å². The fraction of sp³-hybridized carbons (Fsp3) is 0.571. The molecule has 0 saturated carbocycles. The Balaban J connectivity index is 1.82. The molecule has 0 aliphatic carbocycles. The second kappa shape index (κ2) is 5.16. The maximum absolute atomic E-state index is 9.67. The quantitative estimate of drug-likeness (QED) is 0.889. The molecule has 2 heterocycles. The maximum atomic E-state index is 9.67. The molecule has 0 aromatic heterocycles. The predicted octanol–water partition coefficient (Wildman–Crippen LogP) is 1.93. The third-order valence-corrected chi connectivity index (χ3v) is 3.79. The summed E-state index contributed by atoms with van der Waals surface area (Å²) in [5.41, 5.74) is 1.11. The first-order valence-electron chi connectivity index (χ1n) is 6.63. The van der Waals surface area contributed by atoms with E-state index >= 15 is 0 Å². The predicted molar refractivity (Wildman–Crippen MR) is 67.8 cm³/mol. The van der Waals surface area contributed by atoms with E-state index < -0.39 is 0 Å². The molecule has 1 aromatic rings. The molecule has 1 N–H and O–H groups in total. The lowest BCUT2D eigenvalue weighted by atomic mass is 10.0. The average Bonchev–Trinajstić information content (AvgIpc) is 2.88. The highest BCUT2D eigenvalue weighted by atomic mass is 16.7. The molecular weight excluding hydrogens is 230 g/mol. The van der Waals surface area contributed by atoms with Gasteiger partial charge in [-0.3, -0.25) is 4.90 Å². The van der Waals surface area contributed by atoms with Crippen LogP contribution in [0.5, 0.6) is 11.5 Å². The Bertz CT molecular complexity index is 416.